The lowest BCUT2D eigenvalue weighted by Gasteiger charge is -2.10. The first-order valence-corrected chi connectivity index (χ1v) is 9.79. The molecular formula is C25H23NO5. The molecule has 1 N–H and O–H groups in total. The Morgan fingerprint density at radius 2 is 1.45 bits per heavy atom. The predicted octanol–water partition coefficient (Wildman–Crippen LogP) is 3.54. The molecule has 0 bridgehead atoms. The van der Waals surface area contributed by atoms with Crippen LogP contribution in [0, 0.1) is 0 Å². The third kappa shape index (κ3) is 6.27. The van der Waals surface area contributed by atoms with Gasteiger partial charge in [-0.15, -0.1) is 0 Å². The molecule has 0 fully saturated rings. The Hall–Kier alpha value is -3.93. The van der Waals surface area contributed by atoms with Crippen molar-refractivity contribution in [2.75, 3.05) is 13.7 Å². The van der Waals surface area contributed by atoms with Crippen LogP contribution in [-0.4, -0.2) is 31.6 Å². The number of carbonyl (C=O) groups excluding carboxylic acids is 3. The van der Waals surface area contributed by atoms with E-state index in [1.54, 1.807) is 36.4 Å². The molecule has 0 spiro atoms. The lowest BCUT2D eigenvalue weighted by Crippen LogP contribution is -2.28. The van der Waals surface area contributed by atoms with Crippen molar-refractivity contribution in [3.05, 3.63) is 107 Å². The molecule has 0 aliphatic heterocycles. The number of ether oxygens (including phenoxy) is 2. The molecule has 3 rings (SSSR count). The predicted molar refractivity (Wildman–Crippen MR) is 116 cm³/mol. The van der Waals surface area contributed by atoms with E-state index in [1.165, 1.54) is 7.11 Å². The van der Waals surface area contributed by atoms with Crippen LogP contribution in [0.5, 0.6) is 0 Å². The lowest BCUT2D eigenvalue weighted by atomic mass is 10.00. The molecule has 3 aromatic carbocycles. The molecule has 3 aromatic rings. The van der Waals surface area contributed by atoms with Crippen molar-refractivity contribution < 1.29 is 23.9 Å². The van der Waals surface area contributed by atoms with E-state index in [9.17, 15) is 14.4 Å². The fraction of sp³-hybridized carbons (Fsp3) is 0.160. The lowest BCUT2D eigenvalue weighted by molar-refractivity contribution is -0.124. The van der Waals surface area contributed by atoms with Gasteiger partial charge in [-0.3, -0.25) is 4.79 Å². The minimum atomic E-state index is -0.538. The quantitative estimate of drug-likeness (QED) is 0.567. The molecule has 1 amide bonds. The van der Waals surface area contributed by atoms with Crippen molar-refractivity contribution in [1.29, 1.82) is 0 Å². The summed E-state index contributed by atoms with van der Waals surface area (Å²) in [5, 5.41) is 2.69. The molecule has 0 heterocycles. The maximum absolute atomic E-state index is 12.5. The van der Waals surface area contributed by atoms with Crippen LogP contribution in [0.1, 0.15) is 37.4 Å². The van der Waals surface area contributed by atoms with Crippen LogP contribution in [-0.2, 0) is 27.2 Å². The van der Waals surface area contributed by atoms with Crippen LogP contribution in [0.3, 0.4) is 0 Å². The van der Waals surface area contributed by atoms with Gasteiger partial charge < -0.3 is 14.8 Å². The van der Waals surface area contributed by atoms with E-state index in [4.69, 9.17) is 4.74 Å². The topological polar surface area (TPSA) is 81.7 Å². The van der Waals surface area contributed by atoms with Crippen molar-refractivity contribution in [3.8, 4) is 0 Å². The van der Waals surface area contributed by atoms with Gasteiger partial charge in [-0.25, -0.2) is 9.59 Å². The van der Waals surface area contributed by atoms with E-state index in [1.807, 2.05) is 42.5 Å². The summed E-state index contributed by atoms with van der Waals surface area (Å²) < 4.78 is 9.86. The van der Waals surface area contributed by atoms with E-state index < -0.39 is 17.8 Å². The zero-order valence-electron chi connectivity index (χ0n) is 17.2. The highest BCUT2D eigenvalue weighted by molar-refractivity contribution is 5.93. The second-order valence-electron chi connectivity index (χ2n) is 6.86. The van der Waals surface area contributed by atoms with Crippen molar-refractivity contribution in [2.24, 2.45) is 0 Å². The maximum Gasteiger partial charge on any atom is 0.338 e. The Bertz CT molecular complexity index is 1050. The van der Waals surface area contributed by atoms with E-state index in [0.29, 0.717) is 17.5 Å². The standard InChI is InChI=1S/C25H23NO5/c1-30-24(28)20-13-11-19(12-14-20)16-26-23(27)17-31-25(29)22-10-6-5-9-21(22)15-18-7-3-2-4-8-18/h2-14H,15-17H2,1H3,(H,26,27). The molecular weight excluding hydrogens is 394 g/mol. The number of amides is 1. The smallest absolute Gasteiger partial charge is 0.338 e. The Kier molecular flexibility index (Phi) is 7.54. The number of methoxy groups -OCH3 is 1. The largest absolute Gasteiger partial charge is 0.465 e. The Morgan fingerprint density at radius 3 is 2.16 bits per heavy atom. The summed E-state index contributed by atoms with van der Waals surface area (Å²) in [6.45, 7) is -0.124. The number of hydrogen-bond donors (Lipinski definition) is 1. The fourth-order valence-corrected chi connectivity index (χ4v) is 3.03. The molecule has 0 unspecified atom stereocenters. The van der Waals surface area contributed by atoms with Crippen LogP contribution >= 0.6 is 0 Å². The third-order valence-corrected chi connectivity index (χ3v) is 4.67. The van der Waals surface area contributed by atoms with Gasteiger partial charge in [0.05, 0.1) is 18.2 Å². The van der Waals surface area contributed by atoms with Crippen molar-refractivity contribution >= 4 is 17.8 Å². The minimum Gasteiger partial charge on any atom is -0.465 e. The van der Waals surface area contributed by atoms with Crippen LogP contribution in [0.25, 0.3) is 0 Å². The average Bonchev–Trinajstić information content (AvgIpc) is 2.82. The molecule has 0 saturated heterocycles. The summed E-state index contributed by atoms with van der Waals surface area (Å²) in [6.07, 6.45) is 0.597. The van der Waals surface area contributed by atoms with Gasteiger partial charge >= 0.3 is 11.9 Å². The number of benzene rings is 3. The second-order valence-corrected chi connectivity index (χ2v) is 6.86. The average molecular weight is 417 g/mol. The maximum atomic E-state index is 12.5. The SMILES string of the molecule is COC(=O)c1ccc(CNC(=O)COC(=O)c2ccccc2Cc2ccccc2)cc1. The fourth-order valence-electron chi connectivity index (χ4n) is 3.03. The van der Waals surface area contributed by atoms with Crippen LogP contribution in [0.15, 0.2) is 78.9 Å². The Labute approximate surface area is 180 Å². The normalized spacial score (nSPS) is 10.2. The molecule has 0 radical (unpaired) electrons. The molecule has 31 heavy (non-hydrogen) atoms. The number of hydrogen-bond acceptors (Lipinski definition) is 5. The molecule has 0 aliphatic carbocycles. The summed E-state index contributed by atoms with van der Waals surface area (Å²) in [5.41, 5.74) is 3.60. The first-order chi connectivity index (χ1) is 15.1. The summed E-state index contributed by atoms with van der Waals surface area (Å²) in [6, 6.07) is 23.7. The van der Waals surface area contributed by atoms with E-state index in [-0.39, 0.29) is 13.2 Å². The van der Waals surface area contributed by atoms with Crippen molar-refractivity contribution in [2.45, 2.75) is 13.0 Å². The molecule has 0 atom stereocenters. The van der Waals surface area contributed by atoms with Gasteiger partial charge in [0, 0.05) is 6.54 Å². The molecule has 0 saturated carbocycles. The third-order valence-electron chi connectivity index (χ3n) is 4.67. The summed E-state index contributed by atoms with van der Waals surface area (Å²) in [5.74, 6) is -1.37. The first-order valence-electron chi connectivity index (χ1n) is 9.79. The molecule has 158 valence electrons. The summed E-state index contributed by atoms with van der Waals surface area (Å²) in [4.78, 5) is 36.0. The van der Waals surface area contributed by atoms with Gasteiger partial charge in [0.1, 0.15) is 0 Å². The van der Waals surface area contributed by atoms with E-state index >= 15 is 0 Å². The number of esters is 2. The highest BCUT2D eigenvalue weighted by atomic mass is 16.5. The minimum absolute atomic E-state index is 0.252. The van der Waals surface area contributed by atoms with Gasteiger partial charge in [0.15, 0.2) is 6.61 Å². The van der Waals surface area contributed by atoms with Crippen LogP contribution < -0.4 is 5.32 Å². The van der Waals surface area contributed by atoms with Crippen molar-refractivity contribution in [3.63, 3.8) is 0 Å². The molecule has 6 nitrogen and oxygen atoms in total. The van der Waals surface area contributed by atoms with Gasteiger partial charge in [-0.05, 0) is 41.3 Å². The Morgan fingerprint density at radius 1 is 0.774 bits per heavy atom. The van der Waals surface area contributed by atoms with Crippen molar-refractivity contribution in [1.82, 2.24) is 5.32 Å². The van der Waals surface area contributed by atoms with Gasteiger partial charge in [-0.1, -0.05) is 60.7 Å². The highest BCUT2D eigenvalue weighted by Crippen LogP contribution is 2.15. The van der Waals surface area contributed by atoms with Gasteiger partial charge in [0.2, 0.25) is 0 Å². The van der Waals surface area contributed by atoms with E-state index in [0.717, 1.165) is 16.7 Å². The zero-order chi connectivity index (χ0) is 22.1. The monoisotopic (exact) mass is 417 g/mol. The highest BCUT2D eigenvalue weighted by Gasteiger charge is 2.14. The summed E-state index contributed by atoms with van der Waals surface area (Å²) in [7, 11) is 1.32. The Balaban J connectivity index is 1.51. The summed E-state index contributed by atoms with van der Waals surface area (Å²) >= 11 is 0. The zero-order valence-corrected chi connectivity index (χ0v) is 17.2. The second kappa shape index (κ2) is 10.7. The van der Waals surface area contributed by atoms with Gasteiger partial charge in [0.25, 0.3) is 5.91 Å². The molecule has 0 aromatic heterocycles. The number of carbonyl (C=O) groups is 3. The molecule has 0 aliphatic rings. The molecule has 6 heteroatoms. The van der Waals surface area contributed by atoms with Crippen LogP contribution in [0.2, 0.25) is 0 Å². The van der Waals surface area contributed by atoms with E-state index in [2.05, 4.69) is 10.1 Å². The van der Waals surface area contributed by atoms with Gasteiger partial charge in [-0.2, -0.15) is 0 Å². The number of nitrogens with one attached hydrogen (secondary N) is 1. The van der Waals surface area contributed by atoms with Crippen LogP contribution in [0.4, 0.5) is 0 Å². The first kappa shape index (κ1) is 21.8. The number of rotatable bonds is 8.